The van der Waals surface area contributed by atoms with Gasteiger partial charge in [0.25, 0.3) is 0 Å². The van der Waals surface area contributed by atoms with E-state index in [1.54, 1.807) is 0 Å². The van der Waals surface area contributed by atoms with Crippen molar-refractivity contribution >= 4 is 5.97 Å². The lowest BCUT2D eigenvalue weighted by Gasteiger charge is -2.20. The Morgan fingerprint density at radius 2 is 1.92 bits per heavy atom. The molecule has 2 nitrogen and oxygen atoms in total. The van der Waals surface area contributed by atoms with Crippen LogP contribution in [0.5, 0.6) is 0 Å². The quantitative estimate of drug-likeness (QED) is 0.596. The molecule has 13 heavy (non-hydrogen) atoms. The Bertz CT molecular complexity index is 143. The van der Waals surface area contributed by atoms with Crippen molar-refractivity contribution in [2.45, 2.75) is 47.0 Å². The van der Waals surface area contributed by atoms with Crippen molar-refractivity contribution in [2.24, 2.45) is 11.8 Å². The molecule has 78 valence electrons. The molecular formula is C11H22O2. The van der Waals surface area contributed by atoms with Crippen LogP contribution in [-0.2, 0) is 9.53 Å². The topological polar surface area (TPSA) is 26.3 Å². The summed E-state index contributed by atoms with van der Waals surface area (Å²) in [5, 5.41) is 0. The van der Waals surface area contributed by atoms with Gasteiger partial charge >= 0.3 is 5.97 Å². The largest absolute Gasteiger partial charge is 0.466 e. The lowest BCUT2D eigenvalue weighted by Crippen LogP contribution is -2.23. The summed E-state index contributed by atoms with van der Waals surface area (Å²) in [7, 11) is 0. The van der Waals surface area contributed by atoms with E-state index in [0.29, 0.717) is 12.5 Å². The smallest absolute Gasteiger partial charge is 0.309 e. The third-order valence-corrected chi connectivity index (χ3v) is 2.52. The zero-order valence-electron chi connectivity index (χ0n) is 9.30. The average Bonchev–Trinajstić information content (AvgIpc) is 2.13. The molecule has 0 aliphatic carbocycles. The molecule has 0 rings (SSSR count). The molecule has 0 aliphatic heterocycles. The summed E-state index contributed by atoms with van der Waals surface area (Å²) in [5.74, 6) is 0.535. The molecule has 0 bridgehead atoms. The number of hydrogen-bond acceptors (Lipinski definition) is 2. The fourth-order valence-corrected chi connectivity index (χ4v) is 1.48. The van der Waals surface area contributed by atoms with Crippen molar-refractivity contribution < 1.29 is 9.53 Å². The molecule has 0 radical (unpaired) electrons. The molecular weight excluding hydrogens is 164 g/mol. The van der Waals surface area contributed by atoms with Gasteiger partial charge < -0.3 is 4.74 Å². The molecule has 0 aromatic carbocycles. The van der Waals surface area contributed by atoms with Crippen molar-refractivity contribution in [3.8, 4) is 0 Å². The van der Waals surface area contributed by atoms with Crippen molar-refractivity contribution in [3.63, 3.8) is 0 Å². The van der Waals surface area contributed by atoms with E-state index in [4.69, 9.17) is 4.74 Å². The Balaban J connectivity index is 4.13. The van der Waals surface area contributed by atoms with E-state index in [-0.39, 0.29) is 11.9 Å². The van der Waals surface area contributed by atoms with E-state index in [1.807, 2.05) is 6.92 Å². The highest BCUT2D eigenvalue weighted by atomic mass is 16.5. The zero-order valence-corrected chi connectivity index (χ0v) is 9.30. The lowest BCUT2D eigenvalue weighted by atomic mass is 9.88. The first kappa shape index (κ1) is 12.5. The minimum absolute atomic E-state index is 0.0151. The first-order chi connectivity index (χ1) is 6.17. The summed E-state index contributed by atoms with van der Waals surface area (Å²) in [6, 6.07) is 0. The summed E-state index contributed by atoms with van der Waals surface area (Å²) >= 11 is 0. The van der Waals surface area contributed by atoms with E-state index in [9.17, 15) is 4.79 Å². The molecule has 2 heteroatoms. The maximum absolute atomic E-state index is 11.5. The van der Waals surface area contributed by atoms with Gasteiger partial charge in [0.1, 0.15) is 0 Å². The van der Waals surface area contributed by atoms with Gasteiger partial charge in [-0.05, 0) is 19.3 Å². The number of ether oxygens (including phenoxy) is 1. The minimum Gasteiger partial charge on any atom is -0.466 e. The second kappa shape index (κ2) is 6.93. The van der Waals surface area contributed by atoms with Crippen LogP contribution in [0.1, 0.15) is 47.0 Å². The molecule has 0 aromatic heterocycles. The predicted octanol–water partition coefficient (Wildman–Crippen LogP) is 3.01. The number of hydrogen-bond donors (Lipinski definition) is 0. The number of rotatable bonds is 6. The van der Waals surface area contributed by atoms with E-state index in [0.717, 1.165) is 19.3 Å². The summed E-state index contributed by atoms with van der Waals surface area (Å²) in [6.07, 6.45) is 3.05. The Morgan fingerprint density at radius 3 is 2.31 bits per heavy atom. The maximum atomic E-state index is 11.5. The van der Waals surface area contributed by atoms with Crippen LogP contribution in [0.4, 0.5) is 0 Å². The lowest BCUT2D eigenvalue weighted by molar-refractivity contribution is -0.150. The molecule has 0 saturated carbocycles. The highest BCUT2D eigenvalue weighted by Crippen LogP contribution is 2.21. The number of esters is 1. The maximum Gasteiger partial charge on any atom is 0.309 e. The highest BCUT2D eigenvalue weighted by Gasteiger charge is 2.23. The third-order valence-electron chi connectivity index (χ3n) is 2.52. The Labute approximate surface area is 81.7 Å². The second-order valence-electron chi connectivity index (χ2n) is 3.53. The Kier molecular flexibility index (Phi) is 6.65. The zero-order chi connectivity index (χ0) is 10.3. The molecule has 0 spiro atoms. The van der Waals surface area contributed by atoms with Crippen LogP contribution >= 0.6 is 0 Å². The first-order valence-corrected chi connectivity index (χ1v) is 5.33. The van der Waals surface area contributed by atoms with Crippen LogP contribution in [0.15, 0.2) is 0 Å². The molecule has 0 N–H and O–H groups in total. The SMILES string of the molecule is CCC[C@@H](C(=O)OCC)C(C)CC. The number of carbonyl (C=O) groups excluding carboxylic acids is 1. The third kappa shape index (κ3) is 4.30. The monoisotopic (exact) mass is 186 g/mol. The van der Waals surface area contributed by atoms with Gasteiger partial charge in [-0.25, -0.2) is 0 Å². The van der Waals surface area contributed by atoms with Crippen LogP contribution in [0.2, 0.25) is 0 Å². The van der Waals surface area contributed by atoms with Gasteiger partial charge in [0.15, 0.2) is 0 Å². The summed E-state index contributed by atoms with van der Waals surface area (Å²) in [4.78, 5) is 11.5. The fraction of sp³-hybridized carbons (Fsp3) is 0.909. The van der Waals surface area contributed by atoms with E-state index < -0.39 is 0 Å². The molecule has 0 aliphatic rings. The van der Waals surface area contributed by atoms with E-state index in [2.05, 4.69) is 20.8 Å². The normalized spacial score (nSPS) is 15.1. The Hall–Kier alpha value is -0.530. The van der Waals surface area contributed by atoms with Crippen molar-refractivity contribution in [1.82, 2.24) is 0 Å². The van der Waals surface area contributed by atoms with Crippen LogP contribution in [-0.4, -0.2) is 12.6 Å². The van der Waals surface area contributed by atoms with Gasteiger partial charge in [-0.3, -0.25) is 4.79 Å². The van der Waals surface area contributed by atoms with Gasteiger partial charge in [-0.2, -0.15) is 0 Å². The van der Waals surface area contributed by atoms with Gasteiger partial charge in [0.05, 0.1) is 12.5 Å². The van der Waals surface area contributed by atoms with Crippen molar-refractivity contribution in [1.29, 1.82) is 0 Å². The minimum atomic E-state index is -0.0151. The summed E-state index contributed by atoms with van der Waals surface area (Å²) in [5.41, 5.74) is 0. The molecule has 0 heterocycles. The highest BCUT2D eigenvalue weighted by molar-refractivity contribution is 5.72. The molecule has 0 saturated heterocycles. The van der Waals surface area contributed by atoms with Crippen LogP contribution in [0, 0.1) is 11.8 Å². The van der Waals surface area contributed by atoms with Gasteiger partial charge in [-0.15, -0.1) is 0 Å². The van der Waals surface area contributed by atoms with Gasteiger partial charge in [0.2, 0.25) is 0 Å². The molecule has 0 fully saturated rings. The second-order valence-corrected chi connectivity index (χ2v) is 3.53. The molecule has 2 atom stereocenters. The van der Waals surface area contributed by atoms with Crippen LogP contribution < -0.4 is 0 Å². The van der Waals surface area contributed by atoms with E-state index in [1.165, 1.54) is 0 Å². The predicted molar refractivity (Wildman–Crippen MR) is 54.5 cm³/mol. The fourth-order valence-electron chi connectivity index (χ4n) is 1.48. The first-order valence-electron chi connectivity index (χ1n) is 5.33. The average molecular weight is 186 g/mol. The summed E-state index contributed by atoms with van der Waals surface area (Å²) < 4.78 is 5.04. The molecule has 0 amide bonds. The molecule has 0 aromatic rings. The van der Waals surface area contributed by atoms with Gasteiger partial charge in [0, 0.05) is 0 Å². The van der Waals surface area contributed by atoms with Crippen LogP contribution in [0.3, 0.4) is 0 Å². The van der Waals surface area contributed by atoms with Gasteiger partial charge in [-0.1, -0.05) is 33.6 Å². The standard InChI is InChI=1S/C11H22O2/c1-5-8-10(9(4)6-2)11(12)13-7-3/h9-10H,5-8H2,1-4H3/t9?,10-/m1/s1. The van der Waals surface area contributed by atoms with E-state index >= 15 is 0 Å². The molecule has 1 unspecified atom stereocenters. The summed E-state index contributed by atoms with van der Waals surface area (Å²) in [6.45, 7) is 8.70. The Morgan fingerprint density at radius 1 is 1.31 bits per heavy atom. The van der Waals surface area contributed by atoms with Crippen molar-refractivity contribution in [2.75, 3.05) is 6.61 Å². The van der Waals surface area contributed by atoms with Crippen molar-refractivity contribution in [3.05, 3.63) is 0 Å². The van der Waals surface area contributed by atoms with Crippen LogP contribution in [0.25, 0.3) is 0 Å². The number of carbonyl (C=O) groups is 1.